The zero-order valence-corrected chi connectivity index (χ0v) is 17.0. The van der Waals surface area contributed by atoms with Crippen molar-refractivity contribution in [3.05, 3.63) is 23.8 Å². The highest BCUT2D eigenvalue weighted by Gasteiger charge is 2.32. The molecule has 9 heteroatoms. The molecule has 154 valence electrons. The molecule has 3 rings (SSSR count). The average molecular weight is 410 g/mol. The topological polar surface area (TPSA) is 105 Å². The fourth-order valence-corrected chi connectivity index (χ4v) is 4.79. The van der Waals surface area contributed by atoms with E-state index in [0.717, 1.165) is 5.56 Å². The Morgan fingerprint density at radius 2 is 1.93 bits per heavy atom. The predicted molar refractivity (Wildman–Crippen MR) is 104 cm³/mol. The molecular formula is C19H27N3O5S. The maximum Gasteiger partial charge on any atom is 0.241 e. The summed E-state index contributed by atoms with van der Waals surface area (Å²) in [5.74, 6) is -0.502. The summed E-state index contributed by atoms with van der Waals surface area (Å²) in [7, 11) is -3.89. The molecule has 0 saturated carbocycles. The predicted octanol–water partition coefficient (Wildman–Crippen LogP) is 1.12. The van der Waals surface area contributed by atoms with Gasteiger partial charge < -0.3 is 15.0 Å². The maximum atomic E-state index is 13.0. The molecule has 1 atom stereocenters. The minimum atomic E-state index is -3.89. The summed E-state index contributed by atoms with van der Waals surface area (Å²) >= 11 is 0. The Morgan fingerprint density at radius 3 is 2.61 bits per heavy atom. The number of benzene rings is 1. The fourth-order valence-electron chi connectivity index (χ4n) is 3.41. The van der Waals surface area contributed by atoms with Crippen molar-refractivity contribution in [1.82, 2.24) is 9.62 Å². The molecule has 2 N–H and O–H groups in total. The van der Waals surface area contributed by atoms with Crippen molar-refractivity contribution < 1.29 is 22.7 Å². The lowest BCUT2D eigenvalue weighted by Gasteiger charge is -2.32. The first-order valence-electron chi connectivity index (χ1n) is 9.59. The fraction of sp³-hybridized carbons (Fsp3) is 0.579. The van der Waals surface area contributed by atoms with Crippen LogP contribution >= 0.6 is 0 Å². The summed E-state index contributed by atoms with van der Waals surface area (Å²) < 4.78 is 33.8. The molecule has 2 heterocycles. The Balaban J connectivity index is 1.82. The average Bonchev–Trinajstić information content (AvgIpc) is 2.86. The van der Waals surface area contributed by atoms with E-state index < -0.39 is 16.1 Å². The van der Waals surface area contributed by atoms with Crippen molar-refractivity contribution in [2.45, 2.75) is 44.0 Å². The van der Waals surface area contributed by atoms with Gasteiger partial charge >= 0.3 is 0 Å². The van der Waals surface area contributed by atoms with Crippen LogP contribution in [0.25, 0.3) is 0 Å². The number of carbonyl (C=O) groups is 2. The van der Waals surface area contributed by atoms with E-state index in [1.165, 1.54) is 6.07 Å². The molecular weight excluding hydrogens is 382 g/mol. The lowest BCUT2D eigenvalue weighted by Crippen LogP contribution is -2.53. The standard InChI is InChI=1S/C19H27N3O5S/c1-13(2)18(19(24)22-8-10-27-11-9-22)21-28(25,26)15-6-7-16-14(12-15)4-3-5-17(23)20-16/h6-7,12-13,18,21H,3-5,8-11H2,1-2H3,(H,20,23)/t18-/m1/s1. The molecule has 1 fully saturated rings. The first-order valence-corrected chi connectivity index (χ1v) is 11.1. The number of hydrogen-bond acceptors (Lipinski definition) is 5. The first-order chi connectivity index (χ1) is 13.3. The van der Waals surface area contributed by atoms with Crippen LogP contribution in [0.1, 0.15) is 32.3 Å². The third-order valence-electron chi connectivity index (χ3n) is 5.05. The molecule has 0 bridgehead atoms. The molecule has 0 aromatic heterocycles. The van der Waals surface area contributed by atoms with Gasteiger partial charge in [-0.05, 0) is 42.5 Å². The summed E-state index contributed by atoms with van der Waals surface area (Å²) in [6.07, 6.45) is 1.70. The van der Waals surface area contributed by atoms with Crippen LogP contribution in [0.5, 0.6) is 0 Å². The highest BCUT2D eigenvalue weighted by Crippen LogP contribution is 2.25. The second kappa shape index (κ2) is 8.59. The van der Waals surface area contributed by atoms with Crippen LogP contribution in [-0.4, -0.2) is 57.5 Å². The molecule has 0 unspecified atom stereocenters. The minimum absolute atomic E-state index is 0.0662. The van der Waals surface area contributed by atoms with Crippen LogP contribution in [0.3, 0.4) is 0 Å². The molecule has 1 aromatic rings. The third kappa shape index (κ3) is 4.71. The Kier molecular flexibility index (Phi) is 6.36. The van der Waals surface area contributed by atoms with Crippen molar-refractivity contribution in [3.63, 3.8) is 0 Å². The van der Waals surface area contributed by atoms with Crippen molar-refractivity contribution in [2.75, 3.05) is 31.6 Å². The number of morpholine rings is 1. The Labute approximate surface area is 165 Å². The Hall–Kier alpha value is -1.97. The number of fused-ring (bicyclic) bond motifs is 1. The van der Waals surface area contributed by atoms with E-state index in [4.69, 9.17) is 4.74 Å². The lowest BCUT2D eigenvalue weighted by atomic mass is 10.0. The number of aryl methyl sites for hydroxylation is 1. The van der Waals surface area contributed by atoms with Crippen molar-refractivity contribution >= 4 is 27.5 Å². The largest absolute Gasteiger partial charge is 0.378 e. The number of nitrogens with one attached hydrogen (secondary N) is 2. The Morgan fingerprint density at radius 1 is 1.21 bits per heavy atom. The summed E-state index contributed by atoms with van der Waals surface area (Å²) in [4.78, 5) is 26.3. The molecule has 28 heavy (non-hydrogen) atoms. The second-order valence-corrected chi connectivity index (χ2v) is 9.22. The molecule has 2 aliphatic rings. The minimum Gasteiger partial charge on any atom is -0.378 e. The van der Waals surface area contributed by atoms with E-state index in [2.05, 4.69) is 10.0 Å². The zero-order valence-electron chi connectivity index (χ0n) is 16.2. The number of amides is 2. The summed E-state index contributed by atoms with van der Waals surface area (Å²) in [5, 5.41) is 2.79. The van der Waals surface area contributed by atoms with Gasteiger partial charge in [-0.1, -0.05) is 13.8 Å². The number of rotatable bonds is 5. The number of sulfonamides is 1. The maximum absolute atomic E-state index is 13.0. The number of anilines is 1. The summed E-state index contributed by atoms with van der Waals surface area (Å²) in [5.41, 5.74) is 1.43. The van der Waals surface area contributed by atoms with E-state index in [0.29, 0.717) is 51.3 Å². The summed E-state index contributed by atoms with van der Waals surface area (Å²) in [6.45, 7) is 5.47. The quantitative estimate of drug-likeness (QED) is 0.758. The van der Waals surface area contributed by atoms with Gasteiger partial charge in [-0.3, -0.25) is 9.59 Å². The van der Waals surface area contributed by atoms with Crippen LogP contribution in [-0.2, 0) is 30.8 Å². The van der Waals surface area contributed by atoms with Crippen LogP contribution in [0.2, 0.25) is 0 Å². The number of hydrogen-bond donors (Lipinski definition) is 2. The Bertz CT molecular complexity index is 847. The molecule has 2 aliphatic heterocycles. The monoisotopic (exact) mass is 409 g/mol. The normalized spacial score (nSPS) is 19.0. The third-order valence-corrected chi connectivity index (χ3v) is 6.49. The lowest BCUT2D eigenvalue weighted by molar-refractivity contribution is -0.138. The molecule has 0 spiro atoms. The zero-order chi connectivity index (χ0) is 20.3. The number of ether oxygens (including phenoxy) is 1. The molecule has 0 radical (unpaired) electrons. The van der Waals surface area contributed by atoms with Crippen molar-refractivity contribution in [3.8, 4) is 0 Å². The molecule has 8 nitrogen and oxygen atoms in total. The van der Waals surface area contributed by atoms with E-state index in [9.17, 15) is 18.0 Å². The molecule has 2 amide bonds. The van der Waals surface area contributed by atoms with Crippen LogP contribution < -0.4 is 10.0 Å². The van der Waals surface area contributed by atoms with Crippen molar-refractivity contribution in [1.29, 1.82) is 0 Å². The van der Waals surface area contributed by atoms with Crippen LogP contribution in [0.4, 0.5) is 5.69 Å². The highest BCUT2D eigenvalue weighted by molar-refractivity contribution is 7.89. The smallest absolute Gasteiger partial charge is 0.241 e. The molecule has 1 aromatic carbocycles. The second-order valence-electron chi connectivity index (χ2n) is 7.50. The SMILES string of the molecule is CC(C)[C@@H](NS(=O)(=O)c1ccc2c(c1)CCCC(=O)N2)C(=O)N1CCOCC1. The summed E-state index contributed by atoms with van der Waals surface area (Å²) in [6, 6.07) is 3.81. The van der Waals surface area contributed by atoms with Gasteiger partial charge in [0.05, 0.1) is 18.1 Å². The van der Waals surface area contributed by atoms with Gasteiger partial charge in [0, 0.05) is 25.2 Å². The van der Waals surface area contributed by atoms with Gasteiger partial charge in [-0.2, -0.15) is 4.72 Å². The van der Waals surface area contributed by atoms with Gasteiger partial charge in [-0.15, -0.1) is 0 Å². The van der Waals surface area contributed by atoms with Gasteiger partial charge in [-0.25, -0.2) is 8.42 Å². The number of carbonyl (C=O) groups excluding carboxylic acids is 2. The van der Waals surface area contributed by atoms with Crippen molar-refractivity contribution in [2.24, 2.45) is 5.92 Å². The van der Waals surface area contributed by atoms with E-state index in [1.807, 2.05) is 13.8 Å². The van der Waals surface area contributed by atoms with Crippen LogP contribution in [0.15, 0.2) is 23.1 Å². The van der Waals surface area contributed by atoms with Gasteiger partial charge in [0.25, 0.3) is 0 Å². The van der Waals surface area contributed by atoms with Gasteiger partial charge in [0.1, 0.15) is 6.04 Å². The van der Waals surface area contributed by atoms with E-state index >= 15 is 0 Å². The van der Waals surface area contributed by atoms with E-state index in [1.54, 1.807) is 17.0 Å². The molecule has 1 saturated heterocycles. The highest BCUT2D eigenvalue weighted by atomic mass is 32.2. The first kappa shape index (κ1) is 20.8. The van der Waals surface area contributed by atoms with Crippen LogP contribution in [0, 0.1) is 5.92 Å². The molecule has 0 aliphatic carbocycles. The van der Waals surface area contributed by atoms with E-state index in [-0.39, 0.29) is 22.6 Å². The number of nitrogens with zero attached hydrogens (tertiary/aromatic N) is 1. The van der Waals surface area contributed by atoms with Gasteiger partial charge in [0.15, 0.2) is 0 Å². The van der Waals surface area contributed by atoms with Gasteiger partial charge in [0.2, 0.25) is 21.8 Å².